The molecule has 0 atom stereocenters. The molecule has 1 aliphatic heterocycles. The molecule has 0 aromatic heterocycles. The van der Waals surface area contributed by atoms with Gasteiger partial charge in [-0.25, -0.2) is 4.39 Å². The summed E-state index contributed by atoms with van der Waals surface area (Å²) in [6.45, 7) is 0. The molecule has 0 radical (unpaired) electrons. The first kappa shape index (κ1) is 10.2. The van der Waals surface area contributed by atoms with Crippen LogP contribution in [0.4, 0.5) is 10.1 Å². The standard InChI is InChI=1S/C11H8FN3O/c12-8-3-1-2-4-9(8)15-10(16)5-7(6-13)11(15)14/h1-4H,5,14H2. The summed E-state index contributed by atoms with van der Waals surface area (Å²) in [5.74, 6) is -0.922. The molecule has 1 aliphatic rings. The van der Waals surface area contributed by atoms with Crippen LogP contribution >= 0.6 is 0 Å². The van der Waals surface area contributed by atoms with Crippen molar-refractivity contribution in [3.63, 3.8) is 0 Å². The van der Waals surface area contributed by atoms with E-state index in [4.69, 9.17) is 11.0 Å². The summed E-state index contributed by atoms with van der Waals surface area (Å²) in [6.07, 6.45) is -0.0728. The molecule has 0 aliphatic carbocycles. The van der Waals surface area contributed by atoms with Crippen LogP contribution in [0, 0.1) is 17.1 Å². The van der Waals surface area contributed by atoms with E-state index in [0.717, 1.165) is 4.90 Å². The highest BCUT2D eigenvalue weighted by atomic mass is 19.1. The minimum atomic E-state index is -0.544. The SMILES string of the molecule is N#CC1=C(N)N(c2ccccc2F)C(=O)C1. The van der Waals surface area contributed by atoms with Crippen molar-refractivity contribution in [1.82, 2.24) is 0 Å². The fourth-order valence-corrected chi connectivity index (χ4v) is 1.58. The number of rotatable bonds is 1. The Hall–Kier alpha value is -2.35. The number of para-hydroxylation sites is 1. The van der Waals surface area contributed by atoms with Gasteiger partial charge >= 0.3 is 0 Å². The summed E-state index contributed by atoms with van der Waals surface area (Å²) in [5, 5.41) is 8.73. The van der Waals surface area contributed by atoms with Crippen LogP contribution in [0.1, 0.15) is 6.42 Å². The number of hydrogen-bond acceptors (Lipinski definition) is 3. The molecule has 1 amide bonds. The average Bonchev–Trinajstić information content (AvgIpc) is 2.55. The highest BCUT2D eigenvalue weighted by molar-refractivity contribution is 6.01. The Balaban J connectivity index is 2.51. The number of nitrogens with zero attached hydrogens (tertiary/aromatic N) is 2. The van der Waals surface area contributed by atoms with Crippen LogP contribution in [0.15, 0.2) is 35.7 Å². The van der Waals surface area contributed by atoms with Crippen molar-refractivity contribution in [2.24, 2.45) is 5.73 Å². The molecule has 0 spiro atoms. The van der Waals surface area contributed by atoms with Gasteiger partial charge in [0.25, 0.3) is 0 Å². The third kappa shape index (κ3) is 1.41. The summed E-state index contributed by atoms with van der Waals surface area (Å²) in [7, 11) is 0. The lowest BCUT2D eigenvalue weighted by Crippen LogP contribution is -2.29. The number of carbonyl (C=O) groups excluding carboxylic acids is 1. The maximum atomic E-state index is 13.5. The first-order valence-corrected chi connectivity index (χ1v) is 4.61. The van der Waals surface area contributed by atoms with Crippen molar-refractivity contribution in [1.29, 1.82) is 5.26 Å². The van der Waals surface area contributed by atoms with Crippen molar-refractivity contribution < 1.29 is 9.18 Å². The lowest BCUT2D eigenvalue weighted by molar-refractivity contribution is -0.116. The smallest absolute Gasteiger partial charge is 0.238 e. The van der Waals surface area contributed by atoms with Gasteiger partial charge < -0.3 is 5.73 Å². The summed E-state index contributed by atoms with van der Waals surface area (Å²) in [4.78, 5) is 12.6. The molecule has 0 saturated heterocycles. The lowest BCUT2D eigenvalue weighted by atomic mass is 10.2. The zero-order chi connectivity index (χ0) is 11.7. The van der Waals surface area contributed by atoms with Crippen molar-refractivity contribution in [2.45, 2.75) is 6.42 Å². The summed E-state index contributed by atoms with van der Waals surface area (Å²) < 4.78 is 13.5. The molecule has 2 N–H and O–H groups in total. The maximum absolute atomic E-state index is 13.5. The number of nitrogens with two attached hydrogens (primary N) is 1. The number of benzene rings is 1. The highest BCUT2D eigenvalue weighted by Crippen LogP contribution is 2.28. The minimum absolute atomic E-state index is 0.0117. The van der Waals surface area contributed by atoms with Crippen LogP contribution in [0.3, 0.4) is 0 Å². The molecule has 2 rings (SSSR count). The van der Waals surface area contributed by atoms with Crippen molar-refractivity contribution in [3.8, 4) is 6.07 Å². The second kappa shape index (κ2) is 3.66. The molecule has 0 fully saturated rings. The predicted octanol–water partition coefficient (Wildman–Crippen LogP) is 1.26. The third-order valence-corrected chi connectivity index (χ3v) is 2.36. The van der Waals surface area contributed by atoms with Crippen LogP contribution in [-0.4, -0.2) is 5.91 Å². The van der Waals surface area contributed by atoms with Gasteiger partial charge in [-0.1, -0.05) is 12.1 Å². The first-order chi connectivity index (χ1) is 7.65. The van der Waals surface area contributed by atoms with Crippen molar-refractivity contribution >= 4 is 11.6 Å². The van der Waals surface area contributed by atoms with E-state index in [-0.39, 0.29) is 29.4 Å². The number of carbonyl (C=O) groups is 1. The highest BCUT2D eigenvalue weighted by Gasteiger charge is 2.31. The Morgan fingerprint density at radius 3 is 2.69 bits per heavy atom. The lowest BCUT2D eigenvalue weighted by Gasteiger charge is -2.17. The molecule has 0 unspecified atom stereocenters. The van der Waals surface area contributed by atoms with Gasteiger partial charge in [0.1, 0.15) is 11.6 Å². The van der Waals surface area contributed by atoms with Crippen LogP contribution in [-0.2, 0) is 4.79 Å². The van der Waals surface area contributed by atoms with E-state index >= 15 is 0 Å². The van der Waals surface area contributed by atoms with E-state index in [0.29, 0.717) is 0 Å². The number of halogens is 1. The monoisotopic (exact) mass is 217 g/mol. The molecular formula is C11H8FN3O. The number of amides is 1. The fourth-order valence-electron chi connectivity index (χ4n) is 1.58. The van der Waals surface area contributed by atoms with Gasteiger partial charge in [-0.3, -0.25) is 9.69 Å². The predicted molar refractivity (Wildman–Crippen MR) is 55.3 cm³/mol. The Morgan fingerprint density at radius 1 is 1.44 bits per heavy atom. The Kier molecular flexibility index (Phi) is 2.33. The van der Waals surface area contributed by atoms with Gasteiger partial charge in [-0.15, -0.1) is 0 Å². The summed E-state index contributed by atoms with van der Waals surface area (Å²) in [6, 6.07) is 7.63. The molecule has 80 valence electrons. The Morgan fingerprint density at radius 2 is 2.12 bits per heavy atom. The Bertz CT molecular complexity index is 530. The maximum Gasteiger partial charge on any atom is 0.238 e. The van der Waals surface area contributed by atoms with Gasteiger partial charge in [0.15, 0.2) is 0 Å². The van der Waals surface area contributed by atoms with E-state index in [1.807, 2.05) is 6.07 Å². The van der Waals surface area contributed by atoms with Gasteiger partial charge in [-0.2, -0.15) is 5.26 Å². The average molecular weight is 217 g/mol. The molecule has 0 bridgehead atoms. The molecule has 1 heterocycles. The molecule has 1 aromatic rings. The second-order valence-corrected chi connectivity index (χ2v) is 3.33. The summed E-state index contributed by atoms with van der Waals surface area (Å²) >= 11 is 0. The number of anilines is 1. The first-order valence-electron chi connectivity index (χ1n) is 4.61. The normalized spacial score (nSPS) is 15.5. The molecule has 5 heteroatoms. The quantitative estimate of drug-likeness (QED) is 0.769. The van der Waals surface area contributed by atoms with Crippen LogP contribution in [0.25, 0.3) is 0 Å². The van der Waals surface area contributed by atoms with Crippen LogP contribution in [0.2, 0.25) is 0 Å². The second-order valence-electron chi connectivity index (χ2n) is 3.33. The van der Waals surface area contributed by atoms with Crippen LogP contribution in [0.5, 0.6) is 0 Å². The zero-order valence-electron chi connectivity index (χ0n) is 8.27. The molecular weight excluding hydrogens is 209 g/mol. The topological polar surface area (TPSA) is 70.1 Å². The van der Waals surface area contributed by atoms with Gasteiger partial charge in [0, 0.05) is 0 Å². The third-order valence-electron chi connectivity index (χ3n) is 2.36. The zero-order valence-corrected chi connectivity index (χ0v) is 8.27. The largest absolute Gasteiger partial charge is 0.384 e. The van der Waals surface area contributed by atoms with Gasteiger partial charge in [0.05, 0.1) is 23.8 Å². The van der Waals surface area contributed by atoms with E-state index in [1.54, 1.807) is 6.07 Å². The molecule has 0 saturated carbocycles. The molecule has 4 nitrogen and oxygen atoms in total. The van der Waals surface area contributed by atoms with Crippen LogP contribution < -0.4 is 10.6 Å². The van der Waals surface area contributed by atoms with Crippen molar-refractivity contribution in [2.75, 3.05) is 4.90 Å². The van der Waals surface area contributed by atoms with Crippen molar-refractivity contribution in [3.05, 3.63) is 41.5 Å². The number of nitriles is 1. The molecule has 1 aromatic carbocycles. The van der Waals surface area contributed by atoms with Gasteiger partial charge in [-0.05, 0) is 12.1 Å². The summed E-state index contributed by atoms with van der Waals surface area (Å²) in [5.41, 5.74) is 5.87. The number of hydrogen-bond donors (Lipinski definition) is 1. The molecule has 16 heavy (non-hydrogen) atoms. The fraction of sp³-hybridized carbons (Fsp3) is 0.0909. The van der Waals surface area contributed by atoms with E-state index in [9.17, 15) is 9.18 Å². The van der Waals surface area contributed by atoms with E-state index < -0.39 is 5.82 Å². The van der Waals surface area contributed by atoms with Gasteiger partial charge in [0.2, 0.25) is 5.91 Å². The Labute approximate surface area is 91.4 Å². The van der Waals surface area contributed by atoms with E-state index in [2.05, 4.69) is 0 Å². The minimum Gasteiger partial charge on any atom is -0.384 e. The van der Waals surface area contributed by atoms with E-state index in [1.165, 1.54) is 18.2 Å².